The molecule has 0 aliphatic rings. The lowest BCUT2D eigenvalue weighted by molar-refractivity contribution is 0.0747. The van der Waals surface area contributed by atoms with E-state index in [2.05, 4.69) is 5.10 Å². The Kier molecular flexibility index (Phi) is 4.09. The minimum Gasteiger partial charge on any atom is -0.461 e. The second kappa shape index (κ2) is 6.04. The summed E-state index contributed by atoms with van der Waals surface area (Å²) in [6.45, 7) is 3.91. The molecule has 0 aromatic carbocycles. The number of aryl methyl sites for hydroxylation is 2. The second-order valence-corrected chi connectivity index (χ2v) is 6.70. The average molecular weight is 329 g/mol. The number of hydrogen-bond acceptors (Lipinski definition) is 4. The van der Waals surface area contributed by atoms with Crippen molar-refractivity contribution in [2.75, 3.05) is 7.05 Å². The van der Waals surface area contributed by atoms with Crippen LogP contribution in [-0.4, -0.2) is 27.6 Å². The zero-order chi connectivity index (χ0) is 16.6. The Labute approximate surface area is 139 Å². The molecule has 0 aliphatic carbocycles. The molecule has 0 bridgehead atoms. The van der Waals surface area contributed by atoms with Gasteiger partial charge in [0.05, 0.1) is 22.0 Å². The summed E-state index contributed by atoms with van der Waals surface area (Å²) < 4.78 is 7.36. The molecule has 3 aromatic rings. The van der Waals surface area contributed by atoms with Crippen molar-refractivity contribution in [3.63, 3.8) is 0 Å². The Bertz CT molecular complexity index is 830. The molecular weight excluding hydrogens is 310 g/mol. The van der Waals surface area contributed by atoms with Gasteiger partial charge < -0.3 is 9.32 Å². The minimum atomic E-state index is -0.0346. The summed E-state index contributed by atoms with van der Waals surface area (Å²) in [6.07, 6.45) is 3.72. The normalized spacial score (nSPS) is 12.3. The summed E-state index contributed by atoms with van der Waals surface area (Å²) >= 11 is 1.45. The van der Waals surface area contributed by atoms with Gasteiger partial charge in [-0.05, 0) is 38.1 Å². The Balaban J connectivity index is 1.79. The molecule has 0 N–H and O–H groups in total. The third-order valence-corrected chi connectivity index (χ3v) is 5.00. The predicted octanol–water partition coefficient (Wildman–Crippen LogP) is 3.88. The summed E-state index contributed by atoms with van der Waals surface area (Å²) in [5, 5.41) is 4.17. The van der Waals surface area contributed by atoms with E-state index in [1.807, 2.05) is 58.4 Å². The fourth-order valence-corrected chi connectivity index (χ4v) is 3.33. The second-order valence-electron chi connectivity index (χ2n) is 5.61. The number of carbonyl (C=O) groups is 1. The molecule has 23 heavy (non-hydrogen) atoms. The van der Waals surface area contributed by atoms with Crippen LogP contribution in [0.2, 0.25) is 0 Å². The highest BCUT2D eigenvalue weighted by atomic mass is 32.1. The summed E-state index contributed by atoms with van der Waals surface area (Å²) in [5.74, 6) is 1.67. The Morgan fingerprint density at radius 3 is 2.74 bits per heavy atom. The first-order valence-electron chi connectivity index (χ1n) is 7.38. The fraction of sp³-hybridized carbons (Fsp3) is 0.294. The van der Waals surface area contributed by atoms with Gasteiger partial charge in [-0.1, -0.05) is 0 Å². The van der Waals surface area contributed by atoms with Crippen molar-refractivity contribution in [2.24, 2.45) is 7.05 Å². The standard InChI is InChI=1S/C17H19N3O2S/c1-11-5-6-14(22-11)15-7-8-16(23-15)17(21)20(4)12(2)13-9-18-19(3)10-13/h5-10,12H,1-4H3/t12-/m1/s1. The number of furan rings is 1. The predicted molar refractivity (Wildman–Crippen MR) is 90.5 cm³/mol. The van der Waals surface area contributed by atoms with Crippen molar-refractivity contribution < 1.29 is 9.21 Å². The first-order valence-corrected chi connectivity index (χ1v) is 8.19. The molecule has 3 heterocycles. The van der Waals surface area contributed by atoms with E-state index in [0.717, 1.165) is 22.0 Å². The molecule has 0 spiro atoms. The average Bonchev–Trinajstić information content (AvgIpc) is 3.25. The van der Waals surface area contributed by atoms with Gasteiger partial charge in [-0.15, -0.1) is 11.3 Å². The molecule has 0 saturated carbocycles. The van der Waals surface area contributed by atoms with Crippen molar-refractivity contribution in [1.29, 1.82) is 0 Å². The molecule has 0 fully saturated rings. The highest BCUT2D eigenvalue weighted by Crippen LogP contribution is 2.31. The molecule has 0 unspecified atom stereocenters. The van der Waals surface area contributed by atoms with Gasteiger partial charge in [-0.3, -0.25) is 9.48 Å². The monoisotopic (exact) mass is 329 g/mol. The number of hydrogen-bond donors (Lipinski definition) is 0. The molecule has 3 aromatic heterocycles. The third-order valence-electron chi connectivity index (χ3n) is 3.91. The maximum Gasteiger partial charge on any atom is 0.264 e. The maximum atomic E-state index is 12.7. The number of thiophene rings is 1. The molecule has 6 heteroatoms. The Morgan fingerprint density at radius 1 is 1.35 bits per heavy atom. The van der Waals surface area contributed by atoms with E-state index in [4.69, 9.17) is 4.42 Å². The van der Waals surface area contributed by atoms with E-state index in [9.17, 15) is 4.79 Å². The van der Waals surface area contributed by atoms with Crippen LogP contribution >= 0.6 is 11.3 Å². The van der Waals surface area contributed by atoms with Crippen molar-refractivity contribution in [2.45, 2.75) is 19.9 Å². The molecule has 1 amide bonds. The summed E-state index contributed by atoms with van der Waals surface area (Å²) in [6, 6.07) is 7.60. The first-order chi connectivity index (χ1) is 11.0. The fourth-order valence-electron chi connectivity index (χ4n) is 2.38. The van der Waals surface area contributed by atoms with Gasteiger partial charge in [0.2, 0.25) is 0 Å². The first kappa shape index (κ1) is 15.6. The van der Waals surface area contributed by atoms with E-state index in [-0.39, 0.29) is 11.9 Å². The molecule has 1 atom stereocenters. The van der Waals surface area contributed by atoms with E-state index in [1.165, 1.54) is 11.3 Å². The largest absolute Gasteiger partial charge is 0.461 e. The molecule has 5 nitrogen and oxygen atoms in total. The number of amides is 1. The summed E-state index contributed by atoms with van der Waals surface area (Å²) in [7, 11) is 3.69. The zero-order valence-corrected chi connectivity index (χ0v) is 14.4. The zero-order valence-electron chi connectivity index (χ0n) is 13.6. The molecule has 120 valence electrons. The molecular formula is C17H19N3O2S. The number of aromatic nitrogens is 2. The van der Waals surface area contributed by atoms with Crippen LogP contribution in [0.1, 0.15) is 34.0 Å². The van der Waals surface area contributed by atoms with Gasteiger partial charge in [-0.2, -0.15) is 5.10 Å². The van der Waals surface area contributed by atoms with Crippen LogP contribution in [0, 0.1) is 6.92 Å². The van der Waals surface area contributed by atoms with Crippen LogP contribution in [0.4, 0.5) is 0 Å². The van der Waals surface area contributed by atoms with Gasteiger partial charge in [0.1, 0.15) is 11.5 Å². The SMILES string of the molecule is Cc1ccc(-c2ccc(C(=O)N(C)[C@H](C)c3cnn(C)c3)s2)o1. The van der Waals surface area contributed by atoms with E-state index in [0.29, 0.717) is 4.88 Å². The highest BCUT2D eigenvalue weighted by Gasteiger charge is 2.22. The topological polar surface area (TPSA) is 51.3 Å². The van der Waals surface area contributed by atoms with Crippen LogP contribution in [-0.2, 0) is 7.05 Å². The summed E-state index contributed by atoms with van der Waals surface area (Å²) in [4.78, 5) is 16.1. The highest BCUT2D eigenvalue weighted by molar-refractivity contribution is 7.17. The van der Waals surface area contributed by atoms with Gasteiger partial charge in [0.15, 0.2) is 0 Å². The van der Waals surface area contributed by atoms with Crippen LogP contribution in [0.25, 0.3) is 10.6 Å². The van der Waals surface area contributed by atoms with Crippen LogP contribution < -0.4 is 0 Å². The van der Waals surface area contributed by atoms with E-state index < -0.39 is 0 Å². The lowest BCUT2D eigenvalue weighted by Crippen LogP contribution is -2.28. The molecule has 0 radical (unpaired) electrons. The van der Waals surface area contributed by atoms with Crippen LogP contribution in [0.5, 0.6) is 0 Å². The maximum absolute atomic E-state index is 12.7. The Morgan fingerprint density at radius 2 is 2.13 bits per heavy atom. The van der Waals surface area contributed by atoms with Gasteiger partial charge in [0.25, 0.3) is 5.91 Å². The molecule has 3 rings (SSSR count). The molecule has 0 saturated heterocycles. The third kappa shape index (κ3) is 3.07. The van der Waals surface area contributed by atoms with E-state index >= 15 is 0 Å². The number of carbonyl (C=O) groups excluding carboxylic acids is 1. The van der Waals surface area contributed by atoms with Crippen LogP contribution in [0.15, 0.2) is 41.1 Å². The number of nitrogens with zero attached hydrogens (tertiary/aromatic N) is 3. The van der Waals surface area contributed by atoms with Crippen molar-refractivity contribution >= 4 is 17.2 Å². The minimum absolute atomic E-state index is 0.000816. The Hall–Kier alpha value is -2.34. The number of rotatable bonds is 4. The van der Waals surface area contributed by atoms with Gasteiger partial charge in [0, 0.05) is 25.9 Å². The van der Waals surface area contributed by atoms with Crippen molar-refractivity contribution in [3.05, 3.63) is 52.9 Å². The van der Waals surface area contributed by atoms with Crippen molar-refractivity contribution in [3.8, 4) is 10.6 Å². The summed E-state index contributed by atoms with van der Waals surface area (Å²) in [5.41, 5.74) is 1.02. The lowest BCUT2D eigenvalue weighted by Gasteiger charge is -2.23. The lowest BCUT2D eigenvalue weighted by atomic mass is 10.1. The van der Waals surface area contributed by atoms with E-state index in [1.54, 1.807) is 15.8 Å². The van der Waals surface area contributed by atoms with Gasteiger partial charge in [-0.25, -0.2) is 0 Å². The molecule has 0 aliphatic heterocycles. The quantitative estimate of drug-likeness (QED) is 0.730. The smallest absolute Gasteiger partial charge is 0.264 e. The van der Waals surface area contributed by atoms with Gasteiger partial charge >= 0.3 is 0 Å². The van der Waals surface area contributed by atoms with Crippen LogP contribution in [0.3, 0.4) is 0 Å². The van der Waals surface area contributed by atoms with Crippen molar-refractivity contribution in [1.82, 2.24) is 14.7 Å².